The number of nitrogens with one attached hydrogen (secondary N) is 1. The molecule has 1 rings (SSSR count). The minimum absolute atomic E-state index is 0.0656. The van der Waals surface area contributed by atoms with E-state index in [1.165, 1.54) is 0 Å². The molecular formula is C14H18F3NO2. The molecule has 0 heterocycles. The molecule has 3 nitrogen and oxygen atoms in total. The summed E-state index contributed by atoms with van der Waals surface area (Å²) < 4.78 is 39.7. The fourth-order valence-electron chi connectivity index (χ4n) is 1.66. The first kappa shape index (κ1) is 16.5. The van der Waals surface area contributed by atoms with Crippen LogP contribution in [0.25, 0.3) is 0 Å². The number of hydrogen-bond donors (Lipinski definition) is 1. The van der Waals surface area contributed by atoms with Gasteiger partial charge in [-0.25, -0.2) is 0 Å². The lowest BCUT2D eigenvalue weighted by atomic mass is 10.1. The normalized spacial score (nSPS) is 11.4. The number of benzene rings is 1. The Labute approximate surface area is 116 Å². The highest BCUT2D eigenvalue weighted by Crippen LogP contribution is 2.14. The molecule has 20 heavy (non-hydrogen) atoms. The van der Waals surface area contributed by atoms with Gasteiger partial charge < -0.3 is 10.1 Å². The zero-order valence-corrected chi connectivity index (χ0v) is 11.3. The molecule has 0 spiro atoms. The van der Waals surface area contributed by atoms with Crippen LogP contribution in [0.1, 0.15) is 17.5 Å². The Bertz CT molecular complexity index is 433. The van der Waals surface area contributed by atoms with Crippen molar-refractivity contribution in [3.05, 3.63) is 35.4 Å². The molecule has 0 fully saturated rings. The first-order valence-electron chi connectivity index (χ1n) is 6.33. The second-order valence-corrected chi connectivity index (χ2v) is 4.51. The average molecular weight is 289 g/mol. The van der Waals surface area contributed by atoms with E-state index in [1.807, 2.05) is 31.2 Å². The molecule has 0 bridgehead atoms. The lowest BCUT2D eigenvalue weighted by Gasteiger charge is -2.08. The second-order valence-electron chi connectivity index (χ2n) is 4.51. The summed E-state index contributed by atoms with van der Waals surface area (Å²) in [5, 5.41) is 2.65. The van der Waals surface area contributed by atoms with Crippen LogP contribution in [-0.2, 0) is 16.0 Å². The minimum atomic E-state index is -4.35. The maximum absolute atomic E-state index is 11.8. The summed E-state index contributed by atoms with van der Waals surface area (Å²) >= 11 is 0. The van der Waals surface area contributed by atoms with Crippen LogP contribution >= 0.6 is 0 Å². The van der Waals surface area contributed by atoms with Crippen LogP contribution in [0.4, 0.5) is 13.2 Å². The number of ether oxygens (including phenoxy) is 1. The third-order valence-corrected chi connectivity index (χ3v) is 2.56. The summed E-state index contributed by atoms with van der Waals surface area (Å²) in [5.74, 6) is -0.306. The third-order valence-electron chi connectivity index (χ3n) is 2.56. The second kappa shape index (κ2) is 7.89. The average Bonchev–Trinajstić information content (AvgIpc) is 2.34. The molecule has 0 saturated heterocycles. The fourth-order valence-corrected chi connectivity index (χ4v) is 1.66. The molecule has 1 N–H and O–H groups in total. The Kier molecular flexibility index (Phi) is 6.51. The number of carbonyl (C=O) groups is 1. The first-order valence-corrected chi connectivity index (χ1v) is 6.33. The van der Waals surface area contributed by atoms with Crippen LogP contribution in [0.3, 0.4) is 0 Å². The smallest absolute Gasteiger partial charge is 0.372 e. The van der Waals surface area contributed by atoms with E-state index in [9.17, 15) is 18.0 Å². The van der Waals surface area contributed by atoms with Crippen LogP contribution in [0.2, 0.25) is 0 Å². The van der Waals surface area contributed by atoms with Crippen molar-refractivity contribution in [1.82, 2.24) is 5.32 Å². The SMILES string of the molecule is Cc1cccc(CCNC(=O)CCOCC(F)(F)F)c1. The topological polar surface area (TPSA) is 38.3 Å². The van der Waals surface area contributed by atoms with Crippen LogP contribution in [-0.4, -0.2) is 31.8 Å². The van der Waals surface area contributed by atoms with Gasteiger partial charge in [0.1, 0.15) is 6.61 Å². The van der Waals surface area contributed by atoms with Gasteiger partial charge in [0.05, 0.1) is 6.61 Å². The molecule has 0 unspecified atom stereocenters. The molecule has 6 heteroatoms. The zero-order chi connectivity index (χ0) is 15.0. The van der Waals surface area contributed by atoms with Gasteiger partial charge in [-0.3, -0.25) is 4.79 Å². The standard InChI is InChI=1S/C14H18F3NO2/c1-11-3-2-4-12(9-11)5-7-18-13(19)6-8-20-10-14(15,16)17/h2-4,9H,5-8,10H2,1H3,(H,18,19). The van der Waals surface area contributed by atoms with E-state index < -0.39 is 12.8 Å². The highest BCUT2D eigenvalue weighted by Gasteiger charge is 2.27. The predicted octanol–water partition coefficient (Wildman–Crippen LogP) is 2.62. The number of carbonyl (C=O) groups excluding carboxylic acids is 1. The number of hydrogen-bond acceptors (Lipinski definition) is 2. The van der Waals surface area contributed by atoms with Crippen LogP contribution < -0.4 is 5.32 Å². The molecule has 112 valence electrons. The van der Waals surface area contributed by atoms with Crippen molar-refractivity contribution in [2.24, 2.45) is 0 Å². The summed E-state index contributed by atoms with van der Waals surface area (Å²) in [6, 6.07) is 7.92. The Hall–Kier alpha value is -1.56. The lowest BCUT2D eigenvalue weighted by molar-refractivity contribution is -0.174. The number of rotatable bonds is 7. The van der Waals surface area contributed by atoms with Gasteiger partial charge in [-0.2, -0.15) is 13.2 Å². The zero-order valence-electron chi connectivity index (χ0n) is 11.3. The first-order chi connectivity index (χ1) is 9.37. The minimum Gasteiger partial charge on any atom is -0.372 e. The van der Waals surface area contributed by atoms with Gasteiger partial charge in [0.25, 0.3) is 0 Å². The summed E-state index contributed by atoms with van der Waals surface area (Å²) in [5.41, 5.74) is 2.26. The molecule has 0 aliphatic carbocycles. The number of aryl methyl sites for hydroxylation is 1. The fraction of sp³-hybridized carbons (Fsp3) is 0.500. The van der Waals surface area contributed by atoms with Crippen molar-refractivity contribution >= 4 is 5.91 Å². The molecule has 1 aromatic rings. The van der Waals surface area contributed by atoms with E-state index in [0.29, 0.717) is 13.0 Å². The van der Waals surface area contributed by atoms with Crippen molar-refractivity contribution in [2.45, 2.75) is 25.9 Å². The molecule has 0 aromatic heterocycles. The van der Waals surface area contributed by atoms with E-state index in [2.05, 4.69) is 10.1 Å². The lowest BCUT2D eigenvalue weighted by Crippen LogP contribution is -2.27. The van der Waals surface area contributed by atoms with Gasteiger partial charge in [0, 0.05) is 13.0 Å². The number of halogens is 3. The molecule has 1 aromatic carbocycles. The molecule has 1 amide bonds. The molecule has 0 atom stereocenters. The van der Waals surface area contributed by atoms with Crippen LogP contribution in [0, 0.1) is 6.92 Å². The van der Waals surface area contributed by atoms with Crippen LogP contribution in [0.15, 0.2) is 24.3 Å². The molecule has 0 radical (unpaired) electrons. The summed E-state index contributed by atoms with van der Waals surface area (Å²) in [6.45, 7) is 0.904. The monoisotopic (exact) mass is 289 g/mol. The predicted molar refractivity (Wildman–Crippen MR) is 69.4 cm³/mol. The van der Waals surface area contributed by atoms with Gasteiger partial charge in [0.15, 0.2) is 0 Å². The third kappa shape index (κ3) is 7.78. The Morgan fingerprint density at radius 3 is 2.75 bits per heavy atom. The van der Waals surface area contributed by atoms with Gasteiger partial charge in [-0.05, 0) is 18.9 Å². The Balaban J connectivity index is 2.11. The van der Waals surface area contributed by atoms with Crippen molar-refractivity contribution < 1.29 is 22.7 Å². The highest BCUT2D eigenvalue weighted by atomic mass is 19.4. The molecular weight excluding hydrogens is 271 g/mol. The van der Waals surface area contributed by atoms with E-state index >= 15 is 0 Å². The largest absolute Gasteiger partial charge is 0.411 e. The van der Waals surface area contributed by atoms with E-state index in [-0.39, 0.29) is 18.9 Å². The Morgan fingerprint density at radius 1 is 1.35 bits per heavy atom. The number of alkyl halides is 3. The van der Waals surface area contributed by atoms with Gasteiger partial charge >= 0.3 is 6.18 Å². The molecule has 0 saturated carbocycles. The summed E-state index contributed by atoms with van der Waals surface area (Å²) in [4.78, 5) is 11.4. The van der Waals surface area contributed by atoms with Gasteiger partial charge in [-0.15, -0.1) is 0 Å². The highest BCUT2D eigenvalue weighted by molar-refractivity contribution is 5.75. The summed E-state index contributed by atoms with van der Waals surface area (Å²) in [7, 11) is 0. The maximum Gasteiger partial charge on any atom is 0.411 e. The van der Waals surface area contributed by atoms with Crippen molar-refractivity contribution in [3.63, 3.8) is 0 Å². The molecule has 0 aliphatic rings. The molecule has 0 aliphatic heterocycles. The van der Waals surface area contributed by atoms with Crippen LogP contribution in [0.5, 0.6) is 0 Å². The van der Waals surface area contributed by atoms with Crippen molar-refractivity contribution in [3.8, 4) is 0 Å². The summed E-state index contributed by atoms with van der Waals surface area (Å²) in [6.07, 6.45) is -3.72. The van der Waals surface area contributed by atoms with Gasteiger partial charge in [-0.1, -0.05) is 29.8 Å². The van der Waals surface area contributed by atoms with E-state index in [0.717, 1.165) is 11.1 Å². The van der Waals surface area contributed by atoms with Gasteiger partial charge in [0.2, 0.25) is 5.91 Å². The number of amides is 1. The van der Waals surface area contributed by atoms with E-state index in [1.54, 1.807) is 0 Å². The van der Waals surface area contributed by atoms with Crippen molar-refractivity contribution in [1.29, 1.82) is 0 Å². The van der Waals surface area contributed by atoms with E-state index in [4.69, 9.17) is 0 Å². The quantitative estimate of drug-likeness (QED) is 0.784. The maximum atomic E-state index is 11.8. The van der Waals surface area contributed by atoms with Crippen molar-refractivity contribution in [2.75, 3.05) is 19.8 Å². The Morgan fingerprint density at radius 2 is 2.10 bits per heavy atom.